The molecule has 0 atom stereocenters. The quantitative estimate of drug-likeness (QED) is 0.757. The van der Waals surface area contributed by atoms with E-state index in [1.165, 1.54) is 17.5 Å². The highest BCUT2D eigenvalue weighted by molar-refractivity contribution is 7.89. The Hall–Kier alpha value is -0.780. The monoisotopic (exact) mass is 291 g/mol. The molecule has 0 unspecified atom stereocenters. The van der Waals surface area contributed by atoms with Gasteiger partial charge in [0.15, 0.2) is 0 Å². The third kappa shape index (κ3) is 3.16. The van der Waals surface area contributed by atoms with Crippen LogP contribution in [-0.4, -0.2) is 33.4 Å². The first kappa shape index (κ1) is 15.3. The van der Waals surface area contributed by atoms with Crippen molar-refractivity contribution in [2.45, 2.75) is 24.1 Å². The van der Waals surface area contributed by atoms with Crippen molar-refractivity contribution < 1.29 is 13.2 Å². The molecule has 0 aliphatic heterocycles. The van der Waals surface area contributed by atoms with E-state index in [4.69, 9.17) is 16.3 Å². The lowest BCUT2D eigenvalue weighted by molar-refractivity contribution is 0.410. The number of rotatable bonds is 6. The van der Waals surface area contributed by atoms with Crippen molar-refractivity contribution in [1.82, 2.24) is 4.31 Å². The van der Waals surface area contributed by atoms with E-state index in [-0.39, 0.29) is 10.8 Å². The van der Waals surface area contributed by atoms with Crippen molar-refractivity contribution in [2.24, 2.45) is 0 Å². The smallest absolute Gasteiger partial charge is 0.242 e. The first-order valence-corrected chi connectivity index (χ1v) is 7.64. The molecule has 1 aromatic carbocycles. The molecule has 102 valence electrons. The second kappa shape index (κ2) is 6.41. The fraction of sp³-hybridized carbons (Fsp3) is 0.500. The summed E-state index contributed by atoms with van der Waals surface area (Å²) in [5.74, 6) is 0.811. The van der Waals surface area contributed by atoms with E-state index >= 15 is 0 Å². The molecule has 6 heteroatoms. The second-order valence-electron chi connectivity index (χ2n) is 3.93. The molecule has 0 fully saturated rings. The molecule has 1 aromatic rings. The zero-order valence-corrected chi connectivity index (χ0v) is 12.4. The Morgan fingerprint density at radius 1 is 1.39 bits per heavy atom. The molecule has 1 rings (SSSR count). The van der Waals surface area contributed by atoms with Gasteiger partial charge >= 0.3 is 0 Å². The van der Waals surface area contributed by atoms with Gasteiger partial charge in [0.25, 0.3) is 0 Å². The summed E-state index contributed by atoms with van der Waals surface area (Å²) in [5.41, 5.74) is 0.671. The van der Waals surface area contributed by atoms with Crippen LogP contribution in [0.5, 0.6) is 5.75 Å². The zero-order valence-electron chi connectivity index (χ0n) is 10.8. The SMILES string of the molecule is CCCN(C)S(=O)(=O)c1ccc(OC)c(CCl)c1. The third-order valence-corrected chi connectivity index (χ3v) is 4.78. The van der Waals surface area contributed by atoms with Crippen LogP contribution < -0.4 is 4.74 Å². The molecule has 18 heavy (non-hydrogen) atoms. The van der Waals surface area contributed by atoms with Gasteiger partial charge in [0.1, 0.15) is 5.75 Å². The van der Waals surface area contributed by atoms with Crippen molar-refractivity contribution in [3.8, 4) is 5.75 Å². The summed E-state index contributed by atoms with van der Waals surface area (Å²) in [4.78, 5) is 0.245. The number of halogens is 1. The van der Waals surface area contributed by atoms with Crippen molar-refractivity contribution in [1.29, 1.82) is 0 Å². The topological polar surface area (TPSA) is 46.6 Å². The maximum atomic E-state index is 12.2. The number of sulfonamides is 1. The number of nitrogens with zero attached hydrogens (tertiary/aromatic N) is 1. The van der Waals surface area contributed by atoms with Crippen molar-refractivity contribution >= 4 is 21.6 Å². The number of ether oxygens (including phenoxy) is 1. The molecular formula is C12H18ClNO3S. The summed E-state index contributed by atoms with van der Waals surface area (Å²) in [7, 11) is -0.336. The van der Waals surface area contributed by atoms with Gasteiger partial charge in [-0.2, -0.15) is 0 Å². The highest BCUT2D eigenvalue weighted by atomic mass is 35.5. The minimum atomic E-state index is -3.44. The first-order valence-electron chi connectivity index (χ1n) is 5.66. The molecule has 4 nitrogen and oxygen atoms in total. The van der Waals surface area contributed by atoms with Gasteiger partial charge in [-0.25, -0.2) is 12.7 Å². The van der Waals surface area contributed by atoms with E-state index in [0.29, 0.717) is 17.9 Å². The summed E-state index contributed by atoms with van der Waals surface area (Å²) in [5, 5.41) is 0. The number of hydrogen-bond donors (Lipinski definition) is 0. The minimum Gasteiger partial charge on any atom is -0.496 e. The van der Waals surface area contributed by atoms with Crippen molar-refractivity contribution in [3.05, 3.63) is 23.8 Å². The largest absolute Gasteiger partial charge is 0.496 e. The van der Waals surface area contributed by atoms with Gasteiger partial charge < -0.3 is 4.74 Å². The van der Waals surface area contributed by atoms with Gasteiger partial charge in [-0.3, -0.25) is 0 Å². The Kier molecular flexibility index (Phi) is 5.44. The molecule has 0 aliphatic carbocycles. The first-order chi connectivity index (χ1) is 8.47. The molecule has 0 aromatic heterocycles. The van der Waals surface area contributed by atoms with Gasteiger partial charge in [-0.05, 0) is 24.6 Å². The van der Waals surface area contributed by atoms with Crippen LogP contribution in [-0.2, 0) is 15.9 Å². The van der Waals surface area contributed by atoms with Gasteiger partial charge in [-0.1, -0.05) is 6.92 Å². The Bertz CT molecular complexity index is 502. The van der Waals surface area contributed by atoms with Crippen LogP contribution in [0.2, 0.25) is 0 Å². The Morgan fingerprint density at radius 3 is 2.56 bits per heavy atom. The number of alkyl halides is 1. The molecule has 0 heterocycles. The molecule has 0 saturated carbocycles. The molecule has 0 bridgehead atoms. The normalized spacial score (nSPS) is 11.8. The number of benzene rings is 1. The fourth-order valence-electron chi connectivity index (χ4n) is 1.63. The van der Waals surface area contributed by atoms with E-state index in [1.807, 2.05) is 6.92 Å². The summed E-state index contributed by atoms with van der Waals surface area (Å²) < 4.78 is 30.9. The highest BCUT2D eigenvalue weighted by Crippen LogP contribution is 2.25. The highest BCUT2D eigenvalue weighted by Gasteiger charge is 2.21. The Morgan fingerprint density at radius 2 is 2.06 bits per heavy atom. The molecule has 0 N–H and O–H groups in total. The number of hydrogen-bond acceptors (Lipinski definition) is 3. The van der Waals surface area contributed by atoms with E-state index in [0.717, 1.165) is 6.42 Å². The lowest BCUT2D eigenvalue weighted by Crippen LogP contribution is -2.27. The maximum Gasteiger partial charge on any atom is 0.242 e. The van der Waals surface area contributed by atoms with Crippen LogP contribution in [0.25, 0.3) is 0 Å². The standard InChI is InChI=1S/C12H18ClNO3S/c1-4-7-14(2)18(15,16)11-5-6-12(17-3)10(8-11)9-13/h5-6,8H,4,7,9H2,1-3H3. The Balaban J connectivity index is 3.17. The van der Waals surface area contributed by atoms with Crippen LogP contribution >= 0.6 is 11.6 Å². The van der Waals surface area contributed by atoms with Crippen LogP contribution in [0.4, 0.5) is 0 Å². The van der Waals surface area contributed by atoms with Crippen LogP contribution in [0, 0.1) is 0 Å². The van der Waals surface area contributed by atoms with E-state index in [9.17, 15) is 8.42 Å². The fourth-order valence-corrected chi connectivity index (χ4v) is 3.16. The average molecular weight is 292 g/mol. The predicted molar refractivity (Wildman–Crippen MR) is 72.7 cm³/mol. The van der Waals surface area contributed by atoms with Gasteiger partial charge in [-0.15, -0.1) is 11.6 Å². The second-order valence-corrected chi connectivity index (χ2v) is 6.25. The predicted octanol–water partition coefficient (Wildman–Crippen LogP) is 2.46. The van der Waals surface area contributed by atoms with Crippen LogP contribution in [0.3, 0.4) is 0 Å². The zero-order chi connectivity index (χ0) is 13.8. The van der Waals surface area contributed by atoms with Crippen LogP contribution in [0.15, 0.2) is 23.1 Å². The minimum absolute atomic E-state index is 0.212. The maximum absolute atomic E-state index is 12.2. The van der Waals surface area contributed by atoms with Gasteiger partial charge in [0.05, 0.1) is 17.9 Å². The average Bonchev–Trinajstić information content (AvgIpc) is 2.38. The summed E-state index contributed by atoms with van der Waals surface area (Å²) in [6, 6.07) is 4.73. The molecule has 0 spiro atoms. The molecule has 0 radical (unpaired) electrons. The summed E-state index contributed by atoms with van der Waals surface area (Å²) in [6.07, 6.45) is 0.772. The summed E-state index contributed by atoms with van der Waals surface area (Å²) in [6.45, 7) is 2.43. The van der Waals surface area contributed by atoms with Crippen molar-refractivity contribution in [3.63, 3.8) is 0 Å². The van der Waals surface area contributed by atoms with Gasteiger partial charge in [0.2, 0.25) is 10.0 Å². The molecule has 0 aliphatic rings. The third-order valence-electron chi connectivity index (χ3n) is 2.64. The lowest BCUT2D eigenvalue weighted by atomic mass is 10.2. The number of methoxy groups -OCH3 is 1. The molecule has 0 saturated heterocycles. The molecular weight excluding hydrogens is 274 g/mol. The van der Waals surface area contributed by atoms with Crippen molar-refractivity contribution in [2.75, 3.05) is 20.7 Å². The van der Waals surface area contributed by atoms with E-state index < -0.39 is 10.0 Å². The van der Waals surface area contributed by atoms with Gasteiger partial charge in [0, 0.05) is 19.2 Å². The summed E-state index contributed by atoms with van der Waals surface area (Å²) >= 11 is 5.79. The van der Waals surface area contributed by atoms with E-state index in [1.54, 1.807) is 19.2 Å². The molecule has 0 amide bonds. The Labute approximate surface area is 114 Å². The van der Waals surface area contributed by atoms with E-state index in [2.05, 4.69) is 0 Å². The lowest BCUT2D eigenvalue weighted by Gasteiger charge is -2.17. The van der Waals surface area contributed by atoms with Crippen LogP contribution in [0.1, 0.15) is 18.9 Å².